The molecule has 0 bridgehead atoms. The van der Waals surface area contributed by atoms with Gasteiger partial charge in [-0.25, -0.2) is 0 Å². The summed E-state index contributed by atoms with van der Waals surface area (Å²) in [6, 6.07) is 0. The number of likely N-dealkylation sites (tertiary alicyclic amines) is 1. The molecule has 5 atom stereocenters. The van der Waals surface area contributed by atoms with Crippen LogP contribution in [0, 0.1) is 17.8 Å². The Bertz CT molecular complexity index is 564. The minimum absolute atomic E-state index is 0.158. The molecule has 3 aliphatic rings. The second kappa shape index (κ2) is 10.6. The summed E-state index contributed by atoms with van der Waals surface area (Å²) in [5.74, 6) is 1.42. The number of nitrogens with zero attached hydrogens (tertiary/aromatic N) is 1. The quantitative estimate of drug-likeness (QED) is 0.434. The first kappa shape index (κ1) is 21.6. The molecule has 1 saturated heterocycles. The second-order valence-corrected chi connectivity index (χ2v) is 9.13. The Morgan fingerprint density at radius 3 is 2.82 bits per heavy atom. The number of carbonyl (C=O) groups excluding carboxylic acids is 1. The maximum atomic E-state index is 12.2. The molecular weight excluding hydrogens is 350 g/mol. The number of aliphatic hydroxyl groups excluding tert-OH is 2. The number of unbranched alkanes of at least 4 members (excludes halogenated alkanes) is 2. The maximum absolute atomic E-state index is 12.2. The molecule has 2 aliphatic carbocycles. The smallest absolute Gasteiger partial charge is 0.222 e. The van der Waals surface area contributed by atoms with Crippen LogP contribution >= 0.6 is 0 Å². The molecule has 0 aromatic rings. The van der Waals surface area contributed by atoms with Gasteiger partial charge in [0, 0.05) is 25.4 Å². The summed E-state index contributed by atoms with van der Waals surface area (Å²) < 4.78 is 0. The number of carbonyl (C=O) groups is 1. The molecule has 0 radical (unpaired) electrons. The molecule has 0 spiro atoms. The standard InChI is InChI=1S/C24H39NO3/c1-2-3-4-9-20(26)11-12-21-22-16-18(15-19(22)17-23(21)27)8-7-10-24(28)25-13-5-6-14-25/h11-12,15,19-23,26-27H,2-10,13-14,16-17H2,1H3/b12-11+/t19-,20-,21+,22-,23+/m0/s1. The van der Waals surface area contributed by atoms with E-state index in [0.29, 0.717) is 24.2 Å². The van der Waals surface area contributed by atoms with Crippen molar-refractivity contribution in [1.82, 2.24) is 4.90 Å². The van der Waals surface area contributed by atoms with Gasteiger partial charge in [0.15, 0.2) is 0 Å². The maximum Gasteiger partial charge on any atom is 0.222 e. The highest BCUT2D eigenvalue weighted by Crippen LogP contribution is 2.48. The molecule has 3 rings (SSSR count). The van der Waals surface area contributed by atoms with Gasteiger partial charge in [0.1, 0.15) is 0 Å². The van der Waals surface area contributed by atoms with Crippen LogP contribution in [0.15, 0.2) is 23.8 Å². The van der Waals surface area contributed by atoms with E-state index >= 15 is 0 Å². The third-order valence-corrected chi connectivity index (χ3v) is 6.96. The lowest BCUT2D eigenvalue weighted by molar-refractivity contribution is -0.130. The van der Waals surface area contributed by atoms with Crippen LogP contribution in [0.25, 0.3) is 0 Å². The Hall–Kier alpha value is -1.13. The number of fused-ring (bicyclic) bond motifs is 1. The lowest BCUT2D eigenvalue weighted by Crippen LogP contribution is -2.27. The molecule has 1 amide bonds. The lowest BCUT2D eigenvalue weighted by Gasteiger charge is -2.19. The minimum atomic E-state index is -0.386. The van der Waals surface area contributed by atoms with Crippen molar-refractivity contribution in [3.05, 3.63) is 23.8 Å². The Kier molecular flexibility index (Phi) is 8.16. The van der Waals surface area contributed by atoms with E-state index in [-0.39, 0.29) is 18.1 Å². The number of aliphatic hydroxyl groups is 2. The van der Waals surface area contributed by atoms with E-state index in [4.69, 9.17) is 0 Å². The SMILES string of the molecule is CCCCC[C@H](O)/C=C/[C@@H]1[C@H]2CC(CCCC(=O)N3CCCC3)=C[C@H]2C[C@H]1O. The molecular formula is C24H39NO3. The highest BCUT2D eigenvalue weighted by Gasteiger charge is 2.43. The molecule has 28 heavy (non-hydrogen) atoms. The minimum Gasteiger partial charge on any atom is -0.392 e. The summed E-state index contributed by atoms with van der Waals surface area (Å²) in [6.07, 6.45) is 16.7. The lowest BCUT2D eigenvalue weighted by atomic mass is 9.88. The molecule has 4 nitrogen and oxygen atoms in total. The van der Waals surface area contributed by atoms with Crippen molar-refractivity contribution >= 4 is 5.91 Å². The summed E-state index contributed by atoms with van der Waals surface area (Å²) in [5.41, 5.74) is 1.47. The van der Waals surface area contributed by atoms with Crippen molar-refractivity contribution in [1.29, 1.82) is 0 Å². The predicted molar refractivity (Wildman–Crippen MR) is 113 cm³/mol. The summed E-state index contributed by atoms with van der Waals surface area (Å²) in [7, 11) is 0. The molecule has 0 aromatic heterocycles. The van der Waals surface area contributed by atoms with Gasteiger partial charge < -0.3 is 15.1 Å². The van der Waals surface area contributed by atoms with Gasteiger partial charge in [0.2, 0.25) is 5.91 Å². The molecule has 4 heteroatoms. The van der Waals surface area contributed by atoms with E-state index < -0.39 is 0 Å². The van der Waals surface area contributed by atoms with E-state index in [9.17, 15) is 15.0 Å². The van der Waals surface area contributed by atoms with E-state index in [1.165, 1.54) is 12.0 Å². The van der Waals surface area contributed by atoms with Gasteiger partial charge in [-0.1, -0.05) is 50.0 Å². The Morgan fingerprint density at radius 2 is 2.07 bits per heavy atom. The van der Waals surface area contributed by atoms with Crippen LogP contribution in [-0.4, -0.2) is 46.3 Å². The normalized spacial score (nSPS) is 30.8. The van der Waals surface area contributed by atoms with Gasteiger partial charge in [-0.05, 0) is 56.8 Å². The largest absolute Gasteiger partial charge is 0.392 e. The first-order valence-electron chi connectivity index (χ1n) is 11.6. The number of rotatable bonds is 10. The third kappa shape index (κ3) is 5.70. The van der Waals surface area contributed by atoms with E-state index in [1.807, 2.05) is 11.0 Å². The average molecular weight is 390 g/mol. The number of amides is 1. The van der Waals surface area contributed by atoms with Crippen molar-refractivity contribution < 1.29 is 15.0 Å². The molecule has 2 N–H and O–H groups in total. The molecule has 1 heterocycles. The van der Waals surface area contributed by atoms with Gasteiger partial charge in [-0.3, -0.25) is 4.79 Å². The van der Waals surface area contributed by atoms with Gasteiger partial charge in [0.05, 0.1) is 12.2 Å². The summed E-state index contributed by atoms with van der Waals surface area (Å²) in [5, 5.41) is 20.6. The fourth-order valence-corrected chi connectivity index (χ4v) is 5.34. The van der Waals surface area contributed by atoms with Crippen LogP contribution in [0.1, 0.15) is 77.6 Å². The Balaban J connectivity index is 1.42. The predicted octanol–water partition coefficient (Wildman–Crippen LogP) is 4.22. The monoisotopic (exact) mass is 389 g/mol. The van der Waals surface area contributed by atoms with Crippen molar-refractivity contribution in [2.75, 3.05) is 13.1 Å². The zero-order valence-electron chi connectivity index (χ0n) is 17.6. The third-order valence-electron chi connectivity index (χ3n) is 6.96. The van der Waals surface area contributed by atoms with Crippen molar-refractivity contribution in [2.45, 2.75) is 89.8 Å². The van der Waals surface area contributed by atoms with Crippen LogP contribution in [-0.2, 0) is 4.79 Å². The highest BCUT2D eigenvalue weighted by atomic mass is 16.3. The molecule has 2 fully saturated rings. The van der Waals surface area contributed by atoms with Crippen molar-refractivity contribution in [3.63, 3.8) is 0 Å². The Labute approximate surface area is 170 Å². The van der Waals surface area contributed by atoms with Crippen LogP contribution in [0.5, 0.6) is 0 Å². The molecule has 158 valence electrons. The summed E-state index contributed by atoms with van der Waals surface area (Å²) in [4.78, 5) is 14.2. The van der Waals surface area contributed by atoms with Crippen LogP contribution < -0.4 is 0 Å². The van der Waals surface area contributed by atoms with Gasteiger partial charge in [0.25, 0.3) is 0 Å². The molecule has 1 saturated carbocycles. The van der Waals surface area contributed by atoms with Crippen LogP contribution in [0.3, 0.4) is 0 Å². The molecule has 0 aromatic carbocycles. The van der Waals surface area contributed by atoms with Gasteiger partial charge in [-0.2, -0.15) is 0 Å². The van der Waals surface area contributed by atoms with E-state index in [1.54, 1.807) is 0 Å². The number of hydrogen-bond donors (Lipinski definition) is 2. The topological polar surface area (TPSA) is 60.8 Å². The summed E-state index contributed by atoms with van der Waals surface area (Å²) >= 11 is 0. The van der Waals surface area contributed by atoms with Gasteiger partial charge in [-0.15, -0.1) is 0 Å². The van der Waals surface area contributed by atoms with Crippen LogP contribution in [0.2, 0.25) is 0 Å². The van der Waals surface area contributed by atoms with Gasteiger partial charge >= 0.3 is 0 Å². The first-order chi connectivity index (χ1) is 13.6. The van der Waals surface area contributed by atoms with Crippen molar-refractivity contribution in [2.24, 2.45) is 17.8 Å². The van der Waals surface area contributed by atoms with Crippen molar-refractivity contribution in [3.8, 4) is 0 Å². The zero-order valence-corrected chi connectivity index (χ0v) is 17.6. The highest BCUT2D eigenvalue weighted by molar-refractivity contribution is 5.76. The molecule has 0 unspecified atom stereocenters. The van der Waals surface area contributed by atoms with Crippen LogP contribution in [0.4, 0.5) is 0 Å². The average Bonchev–Trinajstić information content (AvgIpc) is 3.37. The fourth-order valence-electron chi connectivity index (χ4n) is 5.34. The molecule has 1 aliphatic heterocycles. The summed E-state index contributed by atoms with van der Waals surface area (Å²) in [6.45, 7) is 4.06. The number of hydrogen-bond acceptors (Lipinski definition) is 3. The van der Waals surface area contributed by atoms with E-state index in [0.717, 1.165) is 70.9 Å². The van der Waals surface area contributed by atoms with E-state index in [2.05, 4.69) is 19.1 Å². The Morgan fingerprint density at radius 1 is 1.29 bits per heavy atom. The zero-order chi connectivity index (χ0) is 19.9. The fraction of sp³-hybridized carbons (Fsp3) is 0.792. The second-order valence-electron chi connectivity index (χ2n) is 9.13. The number of allylic oxidation sites excluding steroid dienone is 2. The first-order valence-corrected chi connectivity index (χ1v) is 11.6.